The van der Waals surface area contributed by atoms with E-state index < -0.39 is 0 Å². The summed E-state index contributed by atoms with van der Waals surface area (Å²) in [5.74, 6) is 1.03. The molecular formula is C11H20BrNO. The van der Waals surface area contributed by atoms with E-state index in [-0.39, 0.29) is 5.91 Å². The van der Waals surface area contributed by atoms with Crippen LogP contribution >= 0.6 is 15.9 Å². The van der Waals surface area contributed by atoms with Gasteiger partial charge in [-0.2, -0.15) is 0 Å². The maximum Gasteiger partial charge on any atom is 0.221 e. The first-order chi connectivity index (χ1) is 6.76. The number of hydrogen-bond acceptors (Lipinski definition) is 1. The van der Waals surface area contributed by atoms with E-state index in [0.717, 1.165) is 11.2 Å². The van der Waals surface area contributed by atoms with Gasteiger partial charge in [0.15, 0.2) is 0 Å². The Kier molecular flexibility index (Phi) is 5.53. The zero-order chi connectivity index (χ0) is 10.4. The standard InChI is InChI=1S/C11H20BrNO/c1-2-9-4-3-5-10(8-9)13-11(14)6-7-12/h9-10H,2-8H2,1H3,(H,13,14). The molecule has 1 N–H and O–H groups in total. The highest BCUT2D eigenvalue weighted by molar-refractivity contribution is 9.09. The van der Waals surface area contributed by atoms with Crippen molar-refractivity contribution in [3.05, 3.63) is 0 Å². The minimum Gasteiger partial charge on any atom is -0.353 e. The van der Waals surface area contributed by atoms with Gasteiger partial charge in [0.1, 0.15) is 0 Å². The first kappa shape index (κ1) is 12.0. The topological polar surface area (TPSA) is 29.1 Å². The van der Waals surface area contributed by atoms with Gasteiger partial charge >= 0.3 is 0 Å². The molecule has 1 saturated carbocycles. The zero-order valence-electron chi connectivity index (χ0n) is 8.89. The zero-order valence-corrected chi connectivity index (χ0v) is 10.5. The van der Waals surface area contributed by atoms with E-state index in [1.807, 2.05) is 0 Å². The molecule has 1 aliphatic carbocycles. The van der Waals surface area contributed by atoms with E-state index in [1.54, 1.807) is 0 Å². The van der Waals surface area contributed by atoms with Crippen molar-refractivity contribution >= 4 is 21.8 Å². The number of rotatable bonds is 4. The summed E-state index contributed by atoms with van der Waals surface area (Å²) in [6.07, 6.45) is 6.84. The molecule has 0 spiro atoms. The second-order valence-corrected chi connectivity index (χ2v) is 4.94. The molecule has 82 valence electrons. The van der Waals surface area contributed by atoms with Gasteiger partial charge in [-0.1, -0.05) is 42.1 Å². The van der Waals surface area contributed by atoms with E-state index in [9.17, 15) is 4.79 Å². The Hall–Kier alpha value is -0.0500. The highest BCUT2D eigenvalue weighted by atomic mass is 79.9. The van der Waals surface area contributed by atoms with Gasteiger partial charge in [0, 0.05) is 17.8 Å². The molecule has 0 aromatic rings. The van der Waals surface area contributed by atoms with Gasteiger partial charge in [0.05, 0.1) is 0 Å². The van der Waals surface area contributed by atoms with E-state index in [4.69, 9.17) is 0 Å². The molecule has 0 aromatic carbocycles. The van der Waals surface area contributed by atoms with Gasteiger partial charge < -0.3 is 5.32 Å². The molecule has 0 saturated heterocycles. The van der Waals surface area contributed by atoms with Crippen LogP contribution in [0.3, 0.4) is 0 Å². The van der Waals surface area contributed by atoms with E-state index in [2.05, 4.69) is 28.2 Å². The van der Waals surface area contributed by atoms with Crippen LogP contribution in [0.25, 0.3) is 0 Å². The fraction of sp³-hybridized carbons (Fsp3) is 0.909. The lowest BCUT2D eigenvalue weighted by Gasteiger charge is -2.29. The van der Waals surface area contributed by atoms with Gasteiger partial charge in [-0.15, -0.1) is 0 Å². The summed E-state index contributed by atoms with van der Waals surface area (Å²) in [5.41, 5.74) is 0. The van der Waals surface area contributed by atoms with Crippen LogP contribution in [-0.2, 0) is 4.79 Å². The fourth-order valence-electron chi connectivity index (χ4n) is 2.18. The minimum absolute atomic E-state index is 0.198. The Balaban J connectivity index is 2.26. The Morgan fingerprint density at radius 3 is 2.93 bits per heavy atom. The SMILES string of the molecule is CCC1CCCC(NC(=O)CCBr)C1. The van der Waals surface area contributed by atoms with Crippen molar-refractivity contribution < 1.29 is 4.79 Å². The molecule has 3 heteroatoms. The van der Waals surface area contributed by atoms with Crippen molar-refractivity contribution in [1.29, 1.82) is 0 Å². The van der Waals surface area contributed by atoms with Crippen molar-refractivity contribution in [1.82, 2.24) is 5.32 Å². The van der Waals surface area contributed by atoms with Crippen molar-refractivity contribution in [2.45, 2.75) is 51.5 Å². The third-order valence-corrected chi connectivity index (χ3v) is 3.44. The quantitative estimate of drug-likeness (QED) is 0.775. The summed E-state index contributed by atoms with van der Waals surface area (Å²) in [6, 6.07) is 0.445. The predicted molar refractivity (Wildman–Crippen MR) is 62.6 cm³/mol. The van der Waals surface area contributed by atoms with Crippen molar-refractivity contribution in [2.24, 2.45) is 5.92 Å². The molecule has 0 heterocycles. The largest absolute Gasteiger partial charge is 0.353 e. The predicted octanol–water partition coefficient (Wildman–Crippen LogP) is 2.86. The summed E-state index contributed by atoms with van der Waals surface area (Å²) in [5, 5.41) is 3.88. The average molecular weight is 262 g/mol. The number of carbonyl (C=O) groups is 1. The van der Waals surface area contributed by atoms with Gasteiger partial charge in [-0.05, 0) is 18.8 Å². The number of nitrogens with one attached hydrogen (secondary N) is 1. The molecule has 0 bridgehead atoms. The Morgan fingerprint density at radius 1 is 1.50 bits per heavy atom. The molecule has 2 nitrogen and oxygen atoms in total. The number of halogens is 1. The normalized spacial score (nSPS) is 27.3. The lowest BCUT2D eigenvalue weighted by atomic mass is 9.84. The third-order valence-electron chi connectivity index (χ3n) is 3.05. The molecule has 0 aromatic heterocycles. The number of hydrogen-bond donors (Lipinski definition) is 1. The molecule has 0 aliphatic heterocycles. The van der Waals surface area contributed by atoms with Crippen LogP contribution in [0.1, 0.15) is 45.4 Å². The summed E-state index contributed by atoms with van der Waals surface area (Å²) in [7, 11) is 0. The summed E-state index contributed by atoms with van der Waals surface area (Å²) in [6.45, 7) is 2.24. The molecule has 1 fully saturated rings. The van der Waals surface area contributed by atoms with Crippen LogP contribution in [0.2, 0.25) is 0 Å². The molecular weight excluding hydrogens is 242 g/mol. The summed E-state index contributed by atoms with van der Waals surface area (Å²) >= 11 is 3.28. The number of alkyl halides is 1. The van der Waals surface area contributed by atoms with Crippen LogP contribution < -0.4 is 5.32 Å². The van der Waals surface area contributed by atoms with E-state index in [1.165, 1.54) is 32.1 Å². The molecule has 1 rings (SSSR count). The molecule has 2 unspecified atom stereocenters. The van der Waals surface area contributed by atoms with Crippen molar-refractivity contribution in [3.8, 4) is 0 Å². The van der Waals surface area contributed by atoms with Crippen molar-refractivity contribution in [2.75, 3.05) is 5.33 Å². The smallest absolute Gasteiger partial charge is 0.221 e. The Morgan fingerprint density at radius 2 is 2.29 bits per heavy atom. The van der Waals surface area contributed by atoms with Gasteiger partial charge in [0.2, 0.25) is 5.91 Å². The lowest BCUT2D eigenvalue weighted by Crippen LogP contribution is -2.38. The first-order valence-electron chi connectivity index (χ1n) is 5.61. The molecule has 2 atom stereocenters. The first-order valence-corrected chi connectivity index (χ1v) is 6.73. The molecule has 1 amide bonds. The number of carbonyl (C=O) groups excluding carboxylic acids is 1. The summed E-state index contributed by atoms with van der Waals surface area (Å²) < 4.78 is 0. The van der Waals surface area contributed by atoms with Crippen LogP contribution in [0.15, 0.2) is 0 Å². The number of amides is 1. The van der Waals surface area contributed by atoms with Gasteiger partial charge in [-0.25, -0.2) is 0 Å². The molecule has 0 radical (unpaired) electrons. The maximum atomic E-state index is 11.4. The maximum absolute atomic E-state index is 11.4. The second-order valence-electron chi connectivity index (χ2n) is 4.14. The van der Waals surface area contributed by atoms with E-state index in [0.29, 0.717) is 12.5 Å². The Labute approximate surface area is 95.0 Å². The monoisotopic (exact) mass is 261 g/mol. The van der Waals surface area contributed by atoms with Gasteiger partial charge in [0.25, 0.3) is 0 Å². The molecule has 1 aliphatic rings. The fourth-order valence-corrected chi connectivity index (χ4v) is 2.54. The van der Waals surface area contributed by atoms with Crippen LogP contribution in [0.5, 0.6) is 0 Å². The third kappa shape index (κ3) is 3.99. The minimum atomic E-state index is 0.198. The highest BCUT2D eigenvalue weighted by Gasteiger charge is 2.21. The Bertz CT molecular complexity index is 184. The van der Waals surface area contributed by atoms with E-state index >= 15 is 0 Å². The summed E-state index contributed by atoms with van der Waals surface area (Å²) in [4.78, 5) is 11.4. The second kappa shape index (κ2) is 6.44. The van der Waals surface area contributed by atoms with Crippen LogP contribution in [0.4, 0.5) is 0 Å². The molecule has 14 heavy (non-hydrogen) atoms. The highest BCUT2D eigenvalue weighted by Crippen LogP contribution is 2.26. The van der Waals surface area contributed by atoms with Crippen molar-refractivity contribution in [3.63, 3.8) is 0 Å². The van der Waals surface area contributed by atoms with Crippen LogP contribution in [-0.4, -0.2) is 17.3 Å². The lowest BCUT2D eigenvalue weighted by molar-refractivity contribution is -0.121. The van der Waals surface area contributed by atoms with Crippen LogP contribution in [0, 0.1) is 5.92 Å². The van der Waals surface area contributed by atoms with Gasteiger partial charge in [-0.3, -0.25) is 4.79 Å². The average Bonchev–Trinajstić information content (AvgIpc) is 2.18.